The second kappa shape index (κ2) is 10.3. The maximum absolute atomic E-state index is 13.1. The number of benzene rings is 1. The largest absolute Gasteiger partial charge is 0.497 e. The number of hydrogen-bond acceptors (Lipinski definition) is 7. The Morgan fingerprint density at radius 3 is 2.03 bits per heavy atom. The molecule has 0 bridgehead atoms. The molecule has 4 atom stereocenters. The number of carbonyl (C=O) groups is 3. The Morgan fingerprint density at radius 2 is 1.55 bits per heavy atom. The van der Waals surface area contributed by atoms with Crippen molar-refractivity contribution in [3.05, 3.63) is 29.8 Å². The molecule has 1 saturated carbocycles. The summed E-state index contributed by atoms with van der Waals surface area (Å²) in [6.07, 6.45) is -0.331. The quantitative estimate of drug-likeness (QED) is 0.496. The fourth-order valence-electron chi connectivity index (χ4n) is 3.92. The molecule has 1 aromatic rings. The normalized spacial score (nSPS) is 26.1. The molecule has 0 amide bonds. The smallest absolute Gasteiger partial charge is 0.317 e. The zero-order chi connectivity index (χ0) is 23.3. The summed E-state index contributed by atoms with van der Waals surface area (Å²) in [5.74, 6) is -4.20. The molecule has 0 unspecified atom stereocenters. The lowest BCUT2D eigenvalue weighted by atomic mass is 9.61. The molecule has 1 aromatic carbocycles. The Labute approximate surface area is 184 Å². The number of rotatable bonds is 8. The molecule has 7 heteroatoms. The number of esters is 2. The van der Waals surface area contributed by atoms with Crippen LogP contribution in [-0.4, -0.2) is 48.8 Å². The molecule has 0 heterocycles. The van der Waals surface area contributed by atoms with E-state index in [-0.39, 0.29) is 31.5 Å². The molecule has 0 radical (unpaired) electrons. The van der Waals surface area contributed by atoms with Crippen molar-refractivity contribution in [3.63, 3.8) is 0 Å². The van der Waals surface area contributed by atoms with Gasteiger partial charge in [-0.3, -0.25) is 14.4 Å². The van der Waals surface area contributed by atoms with Crippen molar-refractivity contribution in [1.82, 2.24) is 0 Å². The molecule has 1 N–H and O–H groups in total. The van der Waals surface area contributed by atoms with Crippen LogP contribution >= 0.6 is 0 Å². The summed E-state index contributed by atoms with van der Waals surface area (Å²) < 4.78 is 16.0. The molecule has 1 aliphatic rings. The maximum atomic E-state index is 13.1. The van der Waals surface area contributed by atoms with Gasteiger partial charge in [-0.15, -0.1) is 0 Å². The summed E-state index contributed by atoms with van der Waals surface area (Å²) in [7, 11) is 1.53. The van der Waals surface area contributed by atoms with E-state index in [0.717, 1.165) is 0 Å². The first kappa shape index (κ1) is 24.9. The molecule has 1 fully saturated rings. The first-order chi connectivity index (χ1) is 14.5. The number of methoxy groups -OCH3 is 1. The third-order valence-electron chi connectivity index (χ3n) is 5.39. The summed E-state index contributed by atoms with van der Waals surface area (Å²) in [5.41, 5.74) is -1.10. The molecule has 172 valence electrons. The van der Waals surface area contributed by atoms with Gasteiger partial charge in [0.15, 0.2) is 5.78 Å². The van der Waals surface area contributed by atoms with E-state index in [9.17, 15) is 19.5 Å². The van der Waals surface area contributed by atoms with Crippen LogP contribution in [0.15, 0.2) is 24.3 Å². The lowest BCUT2D eigenvalue weighted by molar-refractivity contribution is -0.173. The van der Waals surface area contributed by atoms with Crippen LogP contribution in [0.2, 0.25) is 0 Å². The number of hydrogen-bond donors (Lipinski definition) is 1. The highest BCUT2D eigenvalue weighted by Crippen LogP contribution is 2.47. The minimum atomic E-state index is -1.66. The molecule has 0 saturated heterocycles. The Hall–Kier alpha value is -2.41. The zero-order valence-corrected chi connectivity index (χ0v) is 19.2. The van der Waals surface area contributed by atoms with Crippen molar-refractivity contribution >= 4 is 17.7 Å². The minimum absolute atomic E-state index is 0.0944. The molecular formula is C24H34O7. The standard InChI is InChI=1S/C24H34O7/c1-14(2)12-30-22(26)20-18(25)11-24(5,28)21(23(27)31-13-15(3)4)19(20)16-7-9-17(29-6)10-8-16/h7-10,14-15,19-21,28H,11-13H2,1-6H3/t19-,20-,21+,24-/m1/s1. The Balaban J connectivity index is 2.52. The zero-order valence-electron chi connectivity index (χ0n) is 19.2. The summed E-state index contributed by atoms with van der Waals surface area (Å²) in [6, 6.07) is 6.78. The maximum Gasteiger partial charge on any atom is 0.317 e. The van der Waals surface area contributed by atoms with Gasteiger partial charge in [0.2, 0.25) is 0 Å². The van der Waals surface area contributed by atoms with Gasteiger partial charge >= 0.3 is 11.9 Å². The van der Waals surface area contributed by atoms with E-state index in [0.29, 0.717) is 11.3 Å². The molecule has 0 spiro atoms. The van der Waals surface area contributed by atoms with Gasteiger partial charge in [-0.2, -0.15) is 0 Å². The Kier molecular flexibility index (Phi) is 8.23. The van der Waals surface area contributed by atoms with Crippen molar-refractivity contribution in [2.75, 3.05) is 20.3 Å². The Bertz CT molecular complexity index is 780. The van der Waals surface area contributed by atoms with Crippen LogP contribution in [0.25, 0.3) is 0 Å². The van der Waals surface area contributed by atoms with Crippen LogP contribution < -0.4 is 4.74 Å². The van der Waals surface area contributed by atoms with Crippen molar-refractivity contribution in [2.45, 2.75) is 52.6 Å². The van der Waals surface area contributed by atoms with Gasteiger partial charge in [0, 0.05) is 12.3 Å². The number of carbonyl (C=O) groups excluding carboxylic acids is 3. The van der Waals surface area contributed by atoms with Crippen molar-refractivity contribution in [2.24, 2.45) is 23.7 Å². The van der Waals surface area contributed by atoms with Crippen LogP contribution in [0.4, 0.5) is 0 Å². The van der Waals surface area contributed by atoms with Gasteiger partial charge in [0.05, 0.1) is 31.8 Å². The lowest BCUT2D eigenvalue weighted by Crippen LogP contribution is -2.55. The average molecular weight is 435 g/mol. The van der Waals surface area contributed by atoms with Crippen LogP contribution in [0, 0.1) is 23.7 Å². The second-order valence-electron chi connectivity index (χ2n) is 9.30. The third-order valence-corrected chi connectivity index (χ3v) is 5.39. The fourth-order valence-corrected chi connectivity index (χ4v) is 3.92. The van der Waals surface area contributed by atoms with Gasteiger partial charge in [0.25, 0.3) is 0 Å². The first-order valence-electron chi connectivity index (χ1n) is 10.7. The highest BCUT2D eigenvalue weighted by atomic mass is 16.5. The SMILES string of the molecule is COc1ccc([C@@H]2[C@H](C(=O)OCC(C)C)C(=O)C[C@@](C)(O)[C@@H]2C(=O)OCC(C)C)cc1. The summed E-state index contributed by atoms with van der Waals surface area (Å²) in [6.45, 7) is 9.39. The van der Waals surface area contributed by atoms with E-state index in [1.54, 1.807) is 24.3 Å². The van der Waals surface area contributed by atoms with Crippen LogP contribution in [0.3, 0.4) is 0 Å². The molecule has 0 aliphatic heterocycles. The van der Waals surface area contributed by atoms with E-state index in [1.165, 1.54) is 14.0 Å². The van der Waals surface area contributed by atoms with E-state index in [4.69, 9.17) is 14.2 Å². The van der Waals surface area contributed by atoms with Crippen LogP contribution in [0.5, 0.6) is 5.75 Å². The summed E-state index contributed by atoms with van der Waals surface area (Å²) >= 11 is 0. The van der Waals surface area contributed by atoms with Crippen LogP contribution in [-0.2, 0) is 23.9 Å². The first-order valence-corrected chi connectivity index (χ1v) is 10.7. The summed E-state index contributed by atoms with van der Waals surface area (Å²) in [5, 5.41) is 11.1. The topological polar surface area (TPSA) is 99.1 Å². The van der Waals surface area contributed by atoms with E-state index in [2.05, 4.69) is 0 Å². The molecule has 2 rings (SSSR count). The highest BCUT2D eigenvalue weighted by Gasteiger charge is 2.57. The van der Waals surface area contributed by atoms with E-state index < -0.39 is 41.1 Å². The average Bonchev–Trinajstić information content (AvgIpc) is 2.69. The van der Waals surface area contributed by atoms with Gasteiger partial charge in [-0.05, 0) is 36.5 Å². The molecular weight excluding hydrogens is 400 g/mol. The Morgan fingerprint density at radius 1 is 1.03 bits per heavy atom. The predicted octanol–water partition coefficient (Wildman–Crippen LogP) is 3.13. The number of ether oxygens (including phenoxy) is 3. The molecule has 1 aliphatic carbocycles. The fraction of sp³-hybridized carbons (Fsp3) is 0.625. The summed E-state index contributed by atoms with van der Waals surface area (Å²) in [4.78, 5) is 39.1. The second-order valence-corrected chi connectivity index (χ2v) is 9.30. The predicted molar refractivity (Wildman–Crippen MR) is 115 cm³/mol. The van der Waals surface area contributed by atoms with E-state index in [1.807, 2.05) is 27.7 Å². The van der Waals surface area contributed by atoms with Crippen molar-refractivity contribution in [3.8, 4) is 5.75 Å². The van der Waals surface area contributed by atoms with Gasteiger partial charge in [-0.25, -0.2) is 0 Å². The number of ketones is 1. The van der Waals surface area contributed by atoms with Crippen LogP contribution in [0.1, 0.15) is 52.5 Å². The van der Waals surface area contributed by atoms with Gasteiger partial charge < -0.3 is 19.3 Å². The van der Waals surface area contributed by atoms with Gasteiger partial charge in [0.1, 0.15) is 11.7 Å². The minimum Gasteiger partial charge on any atom is -0.497 e. The highest BCUT2D eigenvalue weighted by molar-refractivity contribution is 6.02. The molecule has 7 nitrogen and oxygen atoms in total. The lowest BCUT2D eigenvalue weighted by Gasteiger charge is -2.43. The van der Waals surface area contributed by atoms with E-state index >= 15 is 0 Å². The van der Waals surface area contributed by atoms with Crippen molar-refractivity contribution < 1.29 is 33.7 Å². The molecule has 31 heavy (non-hydrogen) atoms. The number of Topliss-reactive ketones (excluding diaryl/α,β-unsaturated/α-hetero) is 1. The monoisotopic (exact) mass is 434 g/mol. The molecule has 0 aromatic heterocycles. The van der Waals surface area contributed by atoms with Gasteiger partial charge in [-0.1, -0.05) is 39.8 Å². The number of aliphatic hydroxyl groups is 1. The third kappa shape index (κ3) is 6.06. The van der Waals surface area contributed by atoms with Crippen molar-refractivity contribution in [1.29, 1.82) is 0 Å².